The van der Waals surface area contributed by atoms with Crippen molar-refractivity contribution in [1.29, 1.82) is 0 Å². The Kier molecular flexibility index (Phi) is 5.88. The number of carbonyl (C=O) groups is 1. The van der Waals surface area contributed by atoms with E-state index in [9.17, 15) is 9.90 Å². The fourth-order valence-electron chi connectivity index (χ4n) is 4.84. The molecule has 8 heteroatoms. The minimum Gasteiger partial charge on any atom is -0.393 e. The van der Waals surface area contributed by atoms with E-state index in [-0.39, 0.29) is 23.3 Å². The zero-order valence-electron chi connectivity index (χ0n) is 18.2. The quantitative estimate of drug-likeness (QED) is 0.613. The molecule has 2 aromatic heterocycles. The normalized spacial score (nSPS) is 22.4. The fourth-order valence-corrected chi connectivity index (χ4v) is 4.97. The minimum absolute atomic E-state index is 0.0861. The van der Waals surface area contributed by atoms with Crippen molar-refractivity contribution in [2.45, 2.75) is 37.8 Å². The number of aliphatic hydroxyl groups excluding tert-OH is 1. The van der Waals surface area contributed by atoms with Crippen molar-refractivity contribution >= 4 is 28.5 Å². The van der Waals surface area contributed by atoms with E-state index >= 15 is 0 Å². The Morgan fingerprint density at radius 2 is 1.75 bits per heavy atom. The van der Waals surface area contributed by atoms with Crippen LogP contribution in [0.25, 0.3) is 22.2 Å². The van der Waals surface area contributed by atoms with Gasteiger partial charge in [-0.15, -0.1) is 0 Å². The number of carbonyl (C=O) groups excluding carboxylic acids is 1. The lowest BCUT2D eigenvalue weighted by molar-refractivity contribution is 0.0664. The van der Waals surface area contributed by atoms with Crippen LogP contribution in [0.1, 0.15) is 42.1 Å². The predicted octanol–water partition coefficient (Wildman–Crippen LogP) is 3.62. The molecule has 0 bridgehead atoms. The first-order valence-corrected chi connectivity index (χ1v) is 11.7. The number of piperazine rings is 1. The molecule has 3 heterocycles. The highest BCUT2D eigenvalue weighted by Crippen LogP contribution is 2.36. The first-order chi connectivity index (χ1) is 15.5. The summed E-state index contributed by atoms with van der Waals surface area (Å²) < 4.78 is 2.19. The van der Waals surface area contributed by atoms with Crippen LogP contribution in [0.15, 0.2) is 36.7 Å². The number of aliphatic hydroxyl groups is 1. The standard InChI is InChI=1S/C24H28ClN5O2/c1-28-10-12-29(13-11-28)23(32)17-4-2-16(3-5-17)21-15-30(18-6-8-19(31)9-7-18)22-20(21)14-26-24(25)27-22/h2-5,14-15,18-19,31H,6-13H2,1H3. The van der Waals surface area contributed by atoms with Gasteiger partial charge in [-0.1, -0.05) is 12.1 Å². The molecule has 0 atom stereocenters. The maximum atomic E-state index is 12.9. The third-order valence-corrected chi connectivity index (χ3v) is 7.02. The number of nitrogens with zero attached hydrogens (tertiary/aromatic N) is 5. The Balaban J connectivity index is 1.45. The van der Waals surface area contributed by atoms with Crippen LogP contribution in [0.5, 0.6) is 0 Å². The molecular formula is C24H28ClN5O2. The second-order valence-electron chi connectivity index (χ2n) is 8.96. The minimum atomic E-state index is -0.212. The number of aromatic nitrogens is 3. The molecule has 32 heavy (non-hydrogen) atoms. The molecule has 168 valence electrons. The summed E-state index contributed by atoms with van der Waals surface area (Å²) in [7, 11) is 2.08. The number of amides is 1. The molecule has 2 fully saturated rings. The van der Waals surface area contributed by atoms with Gasteiger partial charge >= 0.3 is 0 Å². The average molecular weight is 454 g/mol. The number of halogens is 1. The predicted molar refractivity (Wildman–Crippen MR) is 125 cm³/mol. The van der Waals surface area contributed by atoms with Crippen molar-refractivity contribution < 1.29 is 9.90 Å². The summed E-state index contributed by atoms with van der Waals surface area (Å²) in [6, 6.07) is 8.10. The van der Waals surface area contributed by atoms with E-state index < -0.39 is 0 Å². The second kappa shape index (κ2) is 8.81. The van der Waals surface area contributed by atoms with E-state index in [0.29, 0.717) is 5.56 Å². The highest BCUT2D eigenvalue weighted by molar-refractivity contribution is 6.28. The SMILES string of the molecule is CN1CCN(C(=O)c2ccc(-c3cn(C4CCC(O)CC4)c4nc(Cl)ncc34)cc2)CC1. The van der Waals surface area contributed by atoms with Gasteiger partial charge in [0.15, 0.2) is 0 Å². The summed E-state index contributed by atoms with van der Waals surface area (Å²) in [4.78, 5) is 25.8. The number of rotatable bonds is 3. The van der Waals surface area contributed by atoms with Crippen molar-refractivity contribution in [3.05, 3.63) is 47.5 Å². The molecular weight excluding hydrogens is 426 g/mol. The lowest BCUT2D eigenvalue weighted by atomic mass is 9.93. The van der Waals surface area contributed by atoms with Gasteiger partial charge in [0.2, 0.25) is 5.28 Å². The van der Waals surface area contributed by atoms with Gasteiger partial charge in [0.25, 0.3) is 5.91 Å². The smallest absolute Gasteiger partial charge is 0.253 e. The molecule has 1 amide bonds. The number of hydrogen-bond acceptors (Lipinski definition) is 5. The molecule has 7 nitrogen and oxygen atoms in total. The zero-order valence-corrected chi connectivity index (χ0v) is 19.0. The van der Waals surface area contributed by atoms with Gasteiger partial charge in [0.1, 0.15) is 5.65 Å². The molecule has 0 unspecified atom stereocenters. The van der Waals surface area contributed by atoms with Gasteiger partial charge in [-0.2, -0.15) is 4.98 Å². The van der Waals surface area contributed by atoms with Crippen LogP contribution < -0.4 is 0 Å². The van der Waals surface area contributed by atoms with E-state index in [4.69, 9.17) is 11.6 Å². The van der Waals surface area contributed by atoms with Gasteiger partial charge in [-0.05, 0) is 62.0 Å². The Morgan fingerprint density at radius 1 is 1.06 bits per heavy atom. The van der Waals surface area contributed by atoms with Crippen LogP contribution in [0.2, 0.25) is 5.28 Å². The van der Waals surface area contributed by atoms with E-state index in [2.05, 4.69) is 32.7 Å². The van der Waals surface area contributed by atoms with Crippen molar-refractivity contribution in [2.24, 2.45) is 0 Å². The average Bonchev–Trinajstić information content (AvgIpc) is 3.18. The molecule has 1 saturated carbocycles. The summed E-state index contributed by atoms with van der Waals surface area (Å²) >= 11 is 6.13. The van der Waals surface area contributed by atoms with Gasteiger partial charge in [-0.25, -0.2) is 4.98 Å². The topological polar surface area (TPSA) is 74.5 Å². The van der Waals surface area contributed by atoms with Crippen LogP contribution in [-0.4, -0.2) is 74.7 Å². The molecule has 1 aliphatic carbocycles. The largest absolute Gasteiger partial charge is 0.393 e. The highest BCUT2D eigenvalue weighted by atomic mass is 35.5. The van der Waals surface area contributed by atoms with Crippen LogP contribution >= 0.6 is 11.6 Å². The zero-order chi connectivity index (χ0) is 22.2. The molecule has 3 aromatic rings. The Bertz CT molecular complexity index is 1110. The Morgan fingerprint density at radius 3 is 2.44 bits per heavy atom. The molecule has 0 spiro atoms. The Hall–Kier alpha value is -2.48. The van der Waals surface area contributed by atoms with Crippen LogP contribution in [-0.2, 0) is 0 Å². The van der Waals surface area contributed by atoms with Gasteiger partial charge in [0, 0.05) is 61.1 Å². The maximum Gasteiger partial charge on any atom is 0.253 e. The molecule has 5 rings (SSSR count). The van der Waals surface area contributed by atoms with Gasteiger partial charge in [-0.3, -0.25) is 4.79 Å². The third kappa shape index (κ3) is 4.12. The summed E-state index contributed by atoms with van der Waals surface area (Å²) in [6.07, 6.45) is 7.08. The van der Waals surface area contributed by atoms with Gasteiger partial charge in [0.05, 0.1) is 6.10 Å². The van der Waals surface area contributed by atoms with Crippen molar-refractivity contribution in [3.63, 3.8) is 0 Å². The molecule has 1 saturated heterocycles. The maximum absolute atomic E-state index is 12.9. The van der Waals surface area contributed by atoms with E-state index in [0.717, 1.165) is 74.0 Å². The number of fused-ring (bicyclic) bond motifs is 1. The van der Waals surface area contributed by atoms with Crippen molar-refractivity contribution in [3.8, 4) is 11.1 Å². The fraction of sp³-hybridized carbons (Fsp3) is 0.458. The highest BCUT2D eigenvalue weighted by Gasteiger charge is 2.25. The van der Waals surface area contributed by atoms with Crippen molar-refractivity contribution in [1.82, 2.24) is 24.3 Å². The molecule has 1 aromatic carbocycles. The van der Waals surface area contributed by atoms with Gasteiger partial charge < -0.3 is 19.5 Å². The first-order valence-electron chi connectivity index (χ1n) is 11.3. The number of hydrogen-bond donors (Lipinski definition) is 1. The van der Waals surface area contributed by atoms with Crippen LogP contribution in [0, 0.1) is 0 Å². The lowest BCUT2D eigenvalue weighted by Gasteiger charge is -2.32. The molecule has 0 radical (unpaired) electrons. The van der Waals surface area contributed by atoms with E-state index in [1.165, 1.54) is 0 Å². The lowest BCUT2D eigenvalue weighted by Crippen LogP contribution is -2.47. The number of benzene rings is 1. The molecule has 1 aliphatic heterocycles. The summed E-state index contributed by atoms with van der Waals surface area (Å²) in [5.74, 6) is 0.0861. The van der Waals surface area contributed by atoms with Crippen LogP contribution in [0.3, 0.4) is 0 Å². The third-order valence-electron chi connectivity index (χ3n) is 6.84. The van der Waals surface area contributed by atoms with Crippen molar-refractivity contribution in [2.75, 3.05) is 33.2 Å². The monoisotopic (exact) mass is 453 g/mol. The van der Waals surface area contributed by atoms with Crippen LogP contribution in [0.4, 0.5) is 0 Å². The first kappa shape index (κ1) is 21.4. The summed E-state index contributed by atoms with van der Waals surface area (Å²) in [5.41, 5.74) is 3.58. The summed E-state index contributed by atoms with van der Waals surface area (Å²) in [6.45, 7) is 3.34. The number of likely N-dealkylation sites (N-methyl/N-ethyl adjacent to an activating group) is 1. The molecule has 1 N–H and O–H groups in total. The molecule has 2 aliphatic rings. The second-order valence-corrected chi connectivity index (χ2v) is 9.30. The van der Waals surface area contributed by atoms with E-state index in [1.54, 1.807) is 6.20 Å². The summed E-state index contributed by atoms with van der Waals surface area (Å²) in [5, 5.41) is 11.1. The Labute approximate surface area is 192 Å². The van der Waals surface area contributed by atoms with E-state index in [1.807, 2.05) is 29.2 Å².